The van der Waals surface area contributed by atoms with Gasteiger partial charge in [0.25, 0.3) is 5.91 Å². The molecule has 1 amide bonds. The first-order valence-corrected chi connectivity index (χ1v) is 14.0. The van der Waals surface area contributed by atoms with Gasteiger partial charge in [-0.05, 0) is 72.4 Å². The van der Waals surface area contributed by atoms with Crippen molar-refractivity contribution in [2.75, 3.05) is 12.4 Å². The van der Waals surface area contributed by atoms with Crippen LogP contribution in [0.1, 0.15) is 43.7 Å². The Labute approximate surface area is 228 Å². The van der Waals surface area contributed by atoms with E-state index in [1.807, 2.05) is 54.6 Å². The van der Waals surface area contributed by atoms with Crippen LogP contribution in [-0.4, -0.2) is 29.5 Å². The number of anilines is 1. The van der Waals surface area contributed by atoms with Crippen LogP contribution in [0.25, 0.3) is 6.08 Å². The summed E-state index contributed by atoms with van der Waals surface area (Å²) in [6.45, 7) is 2.56. The first kappa shape index (κ1) is 26.2. The second kappa shape index (κ2) is 11.9. The van der Waals surface area contributed by atoms with E-state index in [9.17, 15) is 9.18 Å². The van der Waals surface area contributed by atoms with E-state index >= 15 is 0 Å². The highest BCUT2D eigenvalue weighted by Crippen LogP contribution is 2.42. The first-order chi connectivity index (χ1) is 18.5. The molecule has 3 aromatic carbocycles. The van der Waals surface area contributed by atoms with Crippen LogP contribution in [0.2, 0.25) is 0 Å². The van der Waals surface area contributed by atoms with Crippen LogP contribution in [-0.2, 0) is 11.4 Å². The Hall–Kier alpha value is -3.45. The minimum absolute atomic E-state index is 0.0674. The summed E-state index contributed by atoms with van der Waals surface area (Å²) in [5.41, 5.74) is 2.56. The molecule has 198 valence electrons. The Morgan fingerprint density at radius 1 is 1.03 bits per heavy atom. The monoisotopic (exact) mass is 532 g/mol. The zero-order valence-electron chi connectivity index (χ0n) is 21.7. The van der Waals surface area contributed by atoms with Crippen LogP contribution in [0.5, 0.6) is 11.5 Å². The number of rotatable bonds is 8. The van der Waals surface area contributed by atoms with Crippen LogP contribution in [0.4, 0.5) is 10.1 Å². The average molecular weight is 533 g/mol. The number of para-hydroxylation sites is 1. The van der Waals surface area contributed by atoms with E-state index in [-0.39, 0.29) is 23.3 Å². The number of ether oxygens (including phenoxy) is 2. The van der Waals surface area contributed by atoms with Gasteiger partial charge in [0, 0.05) is 11.7 Å². The predicted molar refractivity (Wildman–Crippen MR) is 151 cm³/mol. The maximum Gasteiger partial charge on any atom is 0.262 e. The van der Waals surface area contributed by atoms with E-state index in [2.05, 4.69) is 17.1 Å². The number of nitrogens with zero attached hydrogens (tertiary/aromatic N) is 1. The molecule has 1 heterocycles. The Balaban J connectivity index is 1.37. The van der Waals surface area contributed by atoms with Gasteiger partial charge in [0.05, 0.1) is 12.0 Å². The third-order valence-electron chi connectivity index (χ3n) is 7.22. The number of benzene rings is 3. The van der Waals surface area contributed by atoms with Crippen molar-refractivity contribution >= 4 is 29.4 Å². The van der Waals surface area contributed by atoms with Crippen LogP contribution >= 0.6 is 11.8 Å². The number of carbonyl (C=O) groups excluding carboxylic acids is 1. The molecule has 3 atom stereocenters. The van der Waals surface area contributed by atoms with Gasteiger partial charge in [0.2, 0.25) is 0 Å². The van der Waals surface area contributed by atoms with Crippen molar-refractivity contribution in [2.45, 2.75) is 50.8 Å². The second-order valence-corrected chi connectivity index (χ2v) is 11.0. The fourth-order valence-electron chi connectivity index (χ4n) is 5.15. The number of hydrogen-bond acceptors (Lipinski definition) is 5. The van der Waals surface area contributed by atoms with Gasteiger partial charge in [-0.25, -0.2) is 4.39 Å². The lowest BCUT2D eigenvalue weighted by atomic mass is 9.85. The summed E-state index contributed by atoms with van der Waals surface area (Å²) in [5.74, 6) is 1.42. The number of carbonyl (C=O) groups is 1. The van der Waals surface area contributed by atoms with Gasteiger partial charge in [-0.2, -0.15) is 0 Å². The molecule has 1 N–H and O–H groups in total. The molecule has 0 bridgehead atoms. The SMILES string of the molecule is COc1cc(/C=C2\SC(Nc3ccccc3)N([C@H]3CCCC[C@H]3C)C2=O)ccc1OCc1ccc(F)cc1. The molecule has 1 aliphatic heterocycles. The van der Waals surface area contributed by atoms with E-state index in [0.29, 0.717) is 28.9 Å². The largest absolute Gasteiger partial charge is 0.493 e. The van der Waals surface area contributed by atoms with Crippen molar-refractivity contribution in [3.8, 4) is 11.5 Å². The fraction of sp³-hybridized carbons (Fsp3) is 0.323. The van der Waals surface area contributed by atoms with Crippen molar-refractivity contribution in [3.63, 3.8) is 0 Å². The molecule has 38 heavy (non-hydrogen) atoms. The molecule has 5 rings (SSSR count). The Bertz CT molecular complexity index is 1280. The summed E-state index contributed by atoms with van der Waals surface area (Å²) >= 11 is 1.56. The number of methoxy groups -OCH3 is 1. The van der Waals surface area contributed by atoms with Crippen molar-refractivity contribution in [3.05, 3.63) is 94.6 Å². The predicted octanol–water partition coefficient (Wildman–Crippen LogP) is 7.30. The third-order valence-corrected chi connectivity index (χ3v) is 8.33. The molecular weight excluding hydrogens is 499 g/mol. The smallest absolute Gasteiger partial charge is 0.262 e. The van der Waals surface area contributed by atoms with Gasteiger partial charge >= 0.3 is 0 Å². The Morgan fingerprint density at radius 2 is 1.79 bits per heavy atom. The van der Waals surface area contributed by atoms with Gasteiger partial charge in [-0.1, -0.05) is 67.9 Å². The molecule has 1 aliphatic carbocycles. The van der Waals surface area contributed by atoms with Gasteiger partial charge in [0.1, 0.15) is 12.4 Å². The Morgan fingerprint density at radius 3 is 2.53 bits per heavy atom. The van der Waals surface area contributed by atoms with Crippen molar-refractivity contribution in [1.82, 2.24) is 4.90 Å². The maximum atomic E-state index is 13.8. The number of thioether (sulfide) groups is 1. The third kappa shape index (κ3) is 5.99. The molecule has 5 nitrogen and oxygen atoms in total. The molecule has 2 aliphatic rings. The van der Waals surface area contributed by atoms with E-state index in [0.717, 1.165) is 36.1 Å². The molecule has 1 saturated carbocycles. The lowest BCUT2D eigenvalue weighted by molar-refractivity contribution is -0.129. The molecule has 2 fully saturated rings. The molecule has 3 aromatic rings. The van der Waals surface area contributed by atoms with Crippen molar-refractivity contribution < 1.29 is 18.7 Å². The highest BCUT2D eigenvalue weighted by atomic mass is 32.2. The zero-order chi connectivity index (χ0) is 26.5. The van der Waals surface area contributed by atoms with Crippen LogP contribution in [0.15, 0.2) is 77.7 Å². The second-order valence-electron chi connectivity index (χ2n) is 9.86. The van der Waals surface area contributed by atoms with Gasteiger partial charge in [0.15, 0.2) is 17.0 Å². The highest BCUT2D eigenvalue weighted by molar-refractivity contribution is 8.05. The number of nitrogens with one attached hydrogen (secondary N) is 1. The topological polar surface area (TPSA) is 50.8 Å². The van der Waals surface area contributed by atoms with Crippen LogP contribution in [0, 0.1) is 11.7 Å². The van der Waals surface area contributed by atoms with Gasteiger partial charge < -0.3 is 19.7 Å². The molecule has 7 heteroatoms. The summed E-state index contributed by atoms with van der Waals surface area (Å²) in [6.07, 6.45) is 6.49. The maximum absolute atomic E-state index is 13.8. The number of amides is 1. The fourth-order valence-corrected chi connectivity index (χ4v) is 6.37. The summed E-state index contributed by atoms with van der Waals surface area (Å²) in [5, 5.41) is 3.58. The summed E-state index contributed by atoms with van der Waals surface area (Å²) < 4.78 is 24.7. The van der Waals surface area contributed by atoms with Crippen LogP contribution in [0.3, 0.4) is 0 Å². The lowest BCUT2D eigenvalue weighted by Gasteiger charge is -2.39. The average Bonchev–Trinajstić information content (AvgIpc) is 3.23. The zero-order valence-corrected chi connectivity index (χ0v) is 22.5. The minimum atomic E-state index is -0.277. The van der Waals surface area contributed by atoms with Gasteiger partial charge in [-0.15, -0.1) is 0 Å². The van der Waals surface area contributed by atoms with E-state index in [4.69, 9.17) is 9.47 Å². The summed E-state index contributed by atoms with van der Waals surface area (Å²) in [4.78, 5) is 16.5. The molecular formula is C31H33FN2O3S. The minimum Gasteiger partial charge on any atom is -0.493 e. The number of hydrogen-bond donors (Lipinski definition) is 1. The van der Waals surface area contributed by atoms with Crippen molar-refractivity contribution in [2.24, 2.45) is 5.92 Å². The standard InChI is InChI=1S/C31H33FN2O3S/c1-21-8-6-7-11-26(21)34-30(35)29(38-31(34)33-25-9-4-3-5-10-25)19-23-14-17-27(28(18-23)36-2)37-20-22-12-15-24(32)16-13-22/h3-5,9-10,12-19,21,26,31,33H,6-8,11,20H2,1-2H3/b29-19-/t21-,26+,31?/m1/s1. The summed E-state index contributed by atoms with van der Waals surface area (Å²) in [7, 11) is 1.60. The van der Waals surface area contributed by atoms with Crippen LogP contribution < -0.4 is 14.8 Å². The van der Waals surface area contributed by atoms with Gasteiger partial charge in [-0.3, -0.25) is 4.79 Å². The quantitative estimate of drug-likeness (QED) is 0.309. The summed E-state index contributed by atoms with van der Waals surface area (Å²) in [6, 6.07) is 22.1. The van der Waals surface area contributed by atoms with E-state index in [1.54, 1.807) is 31.0 Å². The molecule has 1 unspecified atom stereocenters. The van der Waals surface area contributed by atoms with E-state index in [1.165, 1.54) is 18.6 Å². The molecule has 0 aromatic heterocycles. The molecule has 0 radical (unpaired) electrons. The first-order valence-electron chi connectivity index (χ1n) is 13.1. The number of halogens is 1. The normalized spacial score (nSPS) is 22.5. The molecule has 1 saturated heterocycles. The Kier molecular flexibility index (Phi) is 8.23. The van der Waals surface area contributed by atoms with Crippen molar-refractivity contribution in [1.29, 1.82) is 0 Å². The lowest BCUT2D eigenvalue weighted by Crippen LogP contribution is -2.48. The highest BCUT2D eigenvalue weighted by Gasteiger charge is 2.42. The van der Waals surface area contributed by atoms with E-state index < -0.39 is 0 Å². The molecule has 0 spiro atoms.